The van der Waals surface area contributed by atoms with E-state index in [0.29, 0.717) is 0 Å². The molecule has 0 atom stereocenters. The number of nitrogens with one attached hydrogen (secondary N) is 2. The van der Waals surface area contributed by atoms with Gasteiger partial charge in [-0.15, -0.1) is 0 Å². The van der Waals surface area contributed by atoms with E-state index in [2.05, 4.69) is 82.8 Å². The number of rotatable bonds is 8. The van der Waals surface area contributed by atoms with Gasteiger partial charge < -0.3 is 20.4 Å². The van der Waals surface area contributed by atoms with Crippen LogP contribution >= 0.6 is 0 Å². The first-order valence-electron chi connectivity index (χ1n) is 11.7. The molecule has 0 amide bonds. The van der Waals surface area contributed by atoms with Gasteiger partial charge in [-0.1, -0.05) is 36.4 Å². The molecule has 174 valence electrons. The molecular weight excluding hydrogens is 410 g/mol. The molecule has 1 fully saturated rings. The molecule has 0 radical (unpaired) electrons. The van der Waals surface area contributed by atoms with Crippen LogP contribution in [0.3, 0.4) is 0 Å². The van der Waals surface area contributed by atoms with Gasteiger partial charge in [0.1, 0.15) is 11.6 Å². The highest BCUT2D eigenvalue weighted by atomic mass is 15.3. The first-order valence-corrected chi connectivity index (χ1v) is 11.7. The zero-order valence-electron chi connectivity index (χ0n) is 20.2. The van der Waals surface area contributed by atoms with Crippen LogP contribution in [0.5, 0.6) is 0 Å². The van der Waals surface area contributed by atoms with E-state index in [1.165, 1.54) is 11.1 Å². The molecular formula is C26H35N7. The third kappa shape index (κ3) is 5.93. The normalized spacial score (nSPS) is 14.2. The predicted molar refractivity (Wildman–Crippen MR) is 139 cm³/mol. The van der Waals surface area contributed by atoms with Crippen molar-refractivity contribution in [1.82, 2.24) is 14.9 Å². The summed E-state index contributed by atoms with van der Waals surface area (Å²) in [6.45, 7) is 9.93. The molecule has 0 bridgehead atoms. The van der Waals surface area contributed by atoms with Crippen LogP contribution in [-0.4, -0.2) is 61.7 Å². The van der Waals surface area contributed by atoms with Crippen molar-refractivity contribution in [3.8, 4) is 0 Å². The molecule has 1 aliphatic rings. The molecule has 0 saturated carbocycles. The largest absolute Gasteiger partial charge is 0.385 e. The fraction of sp³-hybridized carbons (Fsp3) is 0.385. The van der Waals surface area contributed by atoms with Gasteiger partial charge in [-0.2, -0.15) is 9.97 Å². The van der Waals surface area contributed by atoms with E-state index in [-0.39, 0.29) is 0 Å². The molecule has 7 nitrogen and oxygen atoms in total. The molecule has 2 N–H and O–H groups in total. The minimum absolute atomic E-state index is 0.780. The van der Waals surface area contributed by atoms with Crippen molar-refractivity contribution in [1.29, 1.82) is 0 Å². The van der Waals surface area contributed by atoms with Crippen molar-refractivity contribution in [2.24, 2.45) is 0 Å². The predicted octanol–water partition coefficient (Wildman–Crippen LogP) is 4.35. The summed E-state index contributed by atoms with van der Waals surface area (Å²) in [5, 5.41) is 6.91. The van der Waals surface area contributed by atoms with E-state index in [1.807, 2.05) is 25.1 Å². The Labute approximate surface area is 197 Å². The van der Waals surface area contributed by atoms with E-state index >= 15 is 0 Å². The lowest BCUT2D eigenvalue weighted by Crippen LogP contribution is -2.46. The Kier molecular flexibility index (Phi) is 7.29. The van der Waals surface area contributed by atoms with Crippen LogP contribution in [0.1, 0.15) is 18.1 Å². The quantitative estimate of drug-likeness (QED) is 0.535. The second-order valence-electron chi connectivity index (χ2n) is 8.74. The van der Waals surface area contributed by atoms with Crippen LogP contribution in [0.4, 0.5) is 29.0 Å². The van der Waals surface area contributed by atoms with Gasteiger partial charge in [0, 0.05) is 70.8 Å². The smallest absolute Gasteiger partial charge is 0.229 e. The number of piperazine rings is 1. The molecule has 0 spiro atoms. The molecule has 33 heavy (non-hydrogen) atoms. The van der Waals surface area contributed by atoms with Gasteiger partial charge >= 0.3 is 0 Å². The van der Waals surface area contributed by atoms with E-state index in [4.69, 9.17) is 9.97 Å². The number of anilines is 5. The highest BCUT2D eigenvalue weighted by Gasteiger charge is 2.20. The Morgan fingerprint density at radius 1 is 0.939 bits per heavy atom. The number of benzene rings is 2. The fourth-order valence-corrected chi connectivity index (χ4v) is 4.03. The maximum Gasteiger partial charge on any atom is 0.229 e. The Bertz CT molecular complexity index is 1040. The number of aryl methyl sites for hydroxylation is 1. The van der Waals surface area contributed by atoms with Crippen molar-refractivity contribution >= 4 is 29.0 Å². The zero-order chi connectivity index (χ0) is 23.2. The van der Waals surface area contributed by atoms with Crippen molar-refractivity contribution in [3.63, 3.8) is 0 Å². The maximum atomic E-state index is 4.88. The Morgan fingerprint density at radius 2 is 1.70 bits per heavy atom. The molecule has 1 saturated heterocycles. The molecule has 1 aliphatic heterocycles. The first kappa shape index (κ1) is 22.9. The molecule has 2 heterocycles. The molecule has 2 aromatic carbocycles. The number of hydrogen-bond acceptors (Lipinski definition) is 7. The SMILES string of the molecule is CCNc1cc(Nc2cc(N(C)C)nc(N3CCN(Cc4ccccc4)CC3)n2)ccc1C. The average molecular weight is 446 g/mol. The van der Waals surface area contributed by atoms with E-state index in [1.54, 1.807) is 0 Å². The van der Waals surface area contributed by atoms with Gasteiger partial charge in [-0.25, -0.2) is 0 Å². The highest BCUT2D eigenvalue weighted by molar-refractivity contribution is 5.67. The zero-order valence-corrected chi connectivity index (χ0v) is 20.2. The van der Waals surface area contributed by atoms with E-state index < -0.39 is 0 Å². The van der Waals surface area contributed by atoms with Gasteiger partial charge in [0.05, 0.1) is 0 Å². The molecule has 0 aliphatic carbocycles. The summed E-state index contributed by atoms with van der Waals surface area (Å²) < 4.78 is 0. The van der Waals surface area contributed by atoms with Crippen molar-refractivity contribution < 1.29 is 0 Å². The minimum atomic E-state index is 0.780. The summed E-state index contributed by atoms with van der Waals surface area (Å²) in [5.41, 5.74) is 4.74. The Balaban J connectivity index is 1.48. The van der Waals surface area contributed by atoms with Crippen LogP contribution in [0.25, 0.3) is 0 Å². The second-order valence-corrected chi connectivity index (χ2v) is 8.74. The third-order valence-corrected chi connectivity index (χ3v) is 5.94. The van der Waals surface area contributed by atoms with Gasteiger partial charge in [-0.3, -0.25) is 4.90 Å². The lowest BCUT2D eigenvalue weighted by atomic mass is 10.2. The topological polar surface area (TPSA) is 59.6 Å². The van der Waals surface area contributed by atoms with Crippen LogP contribution in [0, 0.1) is 6.92 Å². The lowest BCUT2D eigenvalue weighted by molar-refractivity contribution is 0.249. The fourth-order valence-electron chi connectivity index (χ4n) is 4.03. The number of hydrogen-bond donors (Lipinski definition) is 2. The van der Waals surface area contributed by atoms with E-state index in [9.17, 15) is 0 Å². The summed E-state index contributed by atoms with van der Waals surface area (Å²) in [6.07, 6.45) is 0. The van der Waals surface area contributed by atoms with Crippen molar-refractivity contribution in [2.75, 3.05) is 67.3 Å². The van der Waals surface area contributed by atoms with Crippen LogP contribution < -0.4 is 20.4 Å². The van der Waals surface area contributed by atoms with Crippen LogP contribution in [0.15, 0.2) is 54.6 Å². The van der Waals surface area contributed by atoms with Gasteiger partial charge in [0.15, 0.2) is 0 Å². The molecule has 3 aromatic rings. The minimum Gasteiger partial charge on any atom is -0.385 e. The average Bonchev–Trinajstić information content (AvgIpc) is 2.82. The Hall–Kier alpha value is -3.32. The molecule has 4 rings (SSSR count). The summed E-state index contributed by atoms with van der Waals surface area (Å²) >= 11 is 0. The first-order chi connectivity index (χ1) is 16.0. The highest BCUT2D eigenvalue weighted by Crippen LogP contribution is 2.26. The van der Waals surface area contributed by atoms with Gasteiger partial charge in [0.2, 0.25) is 5.95 Å². The van der Waals surface area contributed by atoms with Crippen LogP contribution in [0.2, 0.25) is 0 Å². The Morgan fingerprint density at radius 3 is 2.39 bits per heavy atom. The summed E-state index contributed by atoms with van der Waals surface area (Å²) in [4.78, 5) is 16.5. The summed E-state index contributed by atoms with van der Waals surface area (Å²) in [7, 11) is 4.03. The molecule has 0 unspecified atom stereocenters. The maximum absolute atomic E-state index is 4.88. The summed E-state index contributed by atoms with van der Waals surface area (Å²) in [6, 6.07) is 19.0. The standard InChI is InChI=1S/C26H35N7/c1-5-27-23-17-22(12-11-20(23)2)28-24-18-25(31(3)4)30-26(29-24)33-15-13-32(14-16-33)19-21-9-7-6-8-10-21/h6-12,17-18,27H,5,13-16,19H2,1-4H3,(H,28,29,30). The second kappa shape index (κ2) is 10.5. The van der Waals surface area contributed by atoms with Gasteiger partial charge in [-0.05, 0) is 37.1 Å². The van der Waals surface area contributed by atoms with Crippen molar-refractivity contribution in [3.05, 3.63) is 65.7 Å². The molecule has 1 aromatic heterocycles. The monoisotopic (exact) mass is 445 g/mol. The van der Waals surface area contributed by atoms with E-state index in [0.717, 1.165) is 68.2 Å². The lowest BCUT2D eigenvalue weighted by Gasteiger charge is -2.35. The van der Waals surface area contributed by atoms with Crippen molar-refractivity contribution in [2.45, 2.75) is 20.4 Å². The summed E-state index contributed by atoms with van der Waals surface area (Å²) in [5.74, 6) is 2.48. The van der Waals surface area contributed by atoms with Crippen LogP contribution in [-0.2, 0) is 6.54 Å². The van der Waals surface area contributed by atoms with Gasteiger partial charge in [0.25, 0.3) is 0 Å². The molecule has 7 heteroatoms. The number of nitrogens with zero attached hydrogens (tertiary/aromatic N) is 5. The third-order valence-electron chi connectivity index (χ3n) is 5.94. The number of aromatic nitrogens is 2.